The van der Waals surface area contributed by atoms with E-state index in [2.05, 4.69) is 16.7 Å². The first-order valence-corrected chi connectivity index (χ1v) is 11.8. The predicted molar refractivity (Wildman–Crippen MR) is 136 cm³/mol. The lowest BCUT2D eigenvalue weighted by atomic mass is 10.0. The molecule has 37 heavy (non-hydrogen) atoms. The first kappa shape index (κ1) is 25.3. The minimum absolute atomic E-state index is 0.0869. The second-order valence-electron chi connectivity index (χ2n) is 8.22. The lowest BCUT2D eigenvalue weighted by Gasteiger charge is -2.25. The van der Waals surface area contributed by atoms with Crippen molar-refractivity contribution in [3.8, 4) is 17.6 Å². The number of carbonyl (C=O) groups is 3. The highest BCUT2D eigenvalue weighted by molar-refractivity contribution is 6.24. The number of methoxy groups -OCH3 is 1. The molecule has 4 rings (SSSR count). The quantitative estimate of drug-likeness (QED) is 0.414. The minimum Gasteiger partial charge on any atom is -0.493 e. The molecular weight excluding hydrogens is 472 g/mol. The monoisotopic (exact) mass is 498 g/mol. The van der Waals surface area contributed by atoms with E-state index in [-0.39, 0.29) is 23.2 Å². The maximum Gasteiger partial charge on any atom is 0.319 e. The topological polar surface area (TPSA) is 121 Å². The number of imide groups is 1. The minimum atomic E-state index is -0.859. The summed E-state index contributed by atoms with van der Waals surface area (Å²) in [6, 6.07) is 19.8. The van der Waals surface area contributed by atoms with Gasteiger partial charge in [-0.15, -0.1) is 0 Å². The van der Waals surface area contributed by atoms with Crippen molar-refractivity contribution in [2.24, 2.45) is 0 Å². The van der Waals surface area contributed by atoms with Gasteiger partial charge in [0.05, 0.1) is 49.1 Å². The smallest absolute Gasteiger partial charge is 0.319 e. The van der Waals surface area contributed by atoms with E-state index in [1.807, 2.05) is 37.3 Å². The van der Waals surface area contributed by atoms with Crippen LogP contribution in [0.3, 0.4) is 0 Å². The van der Waals surface area contributed by atoms with Crippen molar-refractivity contribution in [1.82, 2.24) is 10.2 Å². The molecule has 0 bridgehead atoms. The van der Waals surface area contributed by atoms with Crippen molar-refractivity contribution < 1.29 is 23.9 Å². The van der Waals surface area contributed by atoms with Crippen LogP contribution in [0.2, 0.25) is 0 Å². The fourth-order valence-corrected chi connectivity index (χ4v) is 4.25. The second-order valence-corrected chi connectivity index (χ2v) is 8.22. The molecule has 0 fully saturated rings. The molecule has 0 saturated heterocycles. The van der Waals surface area contributed by atoms with Gasteiger partial charge in [-0.25, -0.2) is 4.79 Å². The Balaban J connectivity index is 1.61. The highest BCUT2D eigenvalue weighted by Gasteiger charge is 2.42. The number of hydrogen-bond donors (Lipinski definition) is 2. The summed E-state index contributed by atoms with van der Waals surface area (Å²) in [4.78, 5) is 40.6. The number of anilines is 1. The Kier molecular flexibility index (Phi) is 7.69. The number of amides is 4. The Hall–Kier alpha value is -4.84. The zero-order valence-electron chi connectivity index (χ0n) is 20.5. The van der Waals surface area contributed by atoms with Crippen LogP contribution in [0.1, 0.15) is 51.2 Å². The van der Waals surface area contributed by atoms with Crippen molar-refractivity contribution in [3.05, 3.63) is 89.0 Å². The van der Waals surface area contributed by atoms with Crippen molar-refractivity contribution >= 4 is 23.5 Å². The lowest BCUT2D eigenvalue weighted by Crippen LogP contribution is -2.34. The summed E-state index contributed by atoms with van der Waals surface area (Å²) >= 11 is 0. The van der Waals surface area contributed by atoms with E-state index in [0.29, 0.717) is 30.2 Å². The largest absolute Gasteiger partial charge is 0.493 e. The van der Waals surface area contributed by atoms with E-state index < -0.39 is 23.9 Å². The Labute approximate surface area is 214 Å². The molecule has 1 unspecified atom stereocenters. The number of nitrogens with one attached hydrogen (secondary N) is 2. The standard InChI is InChI=1S/C28H26N4O5/c1-3-37-24-16-19(12-13-23(24)36-2)22(14-15-29)32-26(33)20-10-7-11-21(25(20)27(32)34)31-28(35)30-17-18-8-5-4-6-9-18/h4-13,16,22H,3,14,17H2,1-2H3,(H2,30,31,35). The molecule has 9 nitrogen and oxygen atoms in total. The van der Waals surface area contributed by atoms with Gasteiger partial charge in [0.25, 0.3) is 11.8 Å². The molecule has 9 heteroatoms. The summed E-state index contributed by atoms with van der Waals surface area (Å²) in [5.74, 6) is -0.188. The Bertz CT molecular complexity index is 1370. The molecule has 0 aromatic heterocycles. The molecule has 1 aliphatic rings. The van der Waals surface area contributed by atoms with Crippen LogP contribution in [-0.4, -0.2) is 36.5 Å². The molecule has 0 saturated carbocycles. The van der Waals surface area contributed by atoms with Gasteiger partial charge < -0.3 is 20.1 Å². The Morgan fingerprint density at radius 1 is 1.03 bits per heavy atom. The predicted octanol–water partition coefficient (Wildman–Crippen LogP) is 4.67. The summed E-state index contributed by atoms with van der Waals surface area (Å²) in [6.45, 7) is 2.51. The summed E-state index contributed by atoms with van der Waals surface area (Å²) < 4.78 is 11.0. The average Bonchev–Trinajstić information content (AvgIpc) is 3.17. The first-order chi connectivity index (χ1) is 18.0. The number of benzene rings is 3. The van der Waals surface area contributed by atoms with Crippen LogP contribution in [0.4, 0.5) is 10.5 Å². The molecule has 4 amide bonds. The molecule has 188 valence electrons. The fraction of sp³-hybridized carbons (Fsp3) is 0.214. The van der Waals surface area contributed by atoms with Gasteiger partial charge in [0.15, 0.2) is 11.5 Å². The second kappa shape index (κ2) is 11.3. The van der Waals surface area contributed by atoms with Gasteiger partial charge in [-0.3, -0.25) is 14.5 Å². The number of rotatable bonds is 9. The number of nitrogens with zero attached hydrogens (tertiary/aromatic N) is 2. The van der Waals surface area contributed by atoms with E-state index in [1.165, 1.54) is 13.2 Å². The third-order valence-corrected chi connectivity index (χ3v) is 5.96. The number of nitriles is 1. The van der Waals surface area contributed by atoms with Gasteiger partial charge in [-0.2, -0.15) is 5.26 Å². The summed E-state index contributed by atoms with van der Waals surface area (Å²) in [5, 5.41) is 15.0. The number of ether oxygens (including phenoxy) is 2. The van der Waals surface area contributed by atoms with Crippen molar-refractivity contribution in [2.75, 3.05) is 19.0 Å². The van der Waals surface area contributed by atoms with Gasteiger partial charge in [0.1, 0.15) is 0 Å². The van der Waals surface area contributed by atoms with Crippen LogP contribution < -0.4 is 20.1 Å². The summed E-state index contributed by atoms with van der Waals surface area (Å²) in [7, 11) is 1.51. The Morgan fingerprint density at radius 2 is 1.81 bits per heavy atom. The molecule has 3 aromatic carbocycles. The van der Waals surface area contributed by atoms with E-state index in [4.69, 9.17) is 9.47 Å². The molecule has 1 atom stereocenters. The molecule has 3 aromatic rings. The average molecular weight is 499 g/mol. The normalized spacial score (nSPS) is 12.9. The van der Waals surface area contributed by atoms with E-state index in [9.17, 15) is 19.6 Å². The van der Waals surface area contributed by atoms with Gasteiger partial charge in [0.2, 0.25) is 0 Å². The van der Waals surface area contributed by atoms with Gasteiger partial charge in [-0.05, 0) is 42.3 Å². The third-order valence-electron chi connectivity index (χ3n) is 5.96. The number of carbonyl (C=O) groups excluding carboxylic acids is 3. The Morgan fingerprint density at radius 3 is 2.51 bits per heavy atom. The molecule has 0 radical (unpaired) electrons. The highest BCUT2D eigenvalue weighted by atomic mass is 16.5. The van der Waals surface area contributed by atoms with E-state index in [1.54, 1.807) is 30.3 Å². The fourth-order valence-electron chi connectivity index (χ4n) is 4.25. The van der Waals surface area contributed by atoms with Crippen molar-refractivity contribution in [2.45, 2.75) is 25.9 Å². The number of fused-ring (bicyclic) bond motifs is 1. The SMILES string of the molecule is CCOc1cc(C(CC#N)N2C(=O)c3cccc(NC(=O)NCc4ccccc4)c3C2=O)ccc1OC. The molecule has 1 aliphatic heterocycles. The third kappa shape index (κ3) is 5.23. The summed E-state index contributed by atoms with van der Waals surface area (Å²) in [6.07, 6.45) is -0.121. The van der Waals surface area contributed by atoms with Gasteiger partial charge >= 0.3 is 6.03 Å². The zero-order chi connectivity index (χ0) is 26.4. The van der Waals surface area contributed by atoms with Crippen LogP contribution in [0.25, 0.3) is 0 Å². The van der Waals surface area contributed by atoms with Crippen molar-refractivity contribution in [3.63, 3.8) is 0 Å². The van der Waals surface area contributed by atoms with Crippen LogP contribution >= 0.6 is 0 Å². The van der Waals surface area contributed by atoms with Crippen LogP contribution in [0.5, 0.6) is 11.5 Å². The summed E-state index contributed by atoms with van der Waals surface area (Å²) in [5.41, 5.74) is 1.93. The maximum absolute atomic E-state index is 13.6. The lowest BCUT2D eigenvalue weighted by molar-refractivity contribution is 0.0584. The van der Waals surface area contributed by atoms with Gasteiger partial charge in [-0.1, -0.05) is 42.5 Å². The molecule has 1 heterocycles. The number of hydrogen-bond acceptors (Lipinski definition) is 6. The van der Waals surface area contributed by atoms with Crippen LogP contribution in [0, 0.1) is 11.3 Å². The molecule has 0 aliphatic carbocycles. The van der Waals surface area contributed by atoms with E-state index >= 15 is 0 Å². The highest BCUT2D eigenvalue weighted by Crippen LogP contribution is 2.39. The zero-order valence-corrected chi connectivity index (χ0v) is 20.5. The number of urea groups is 1. The first-order valence-electron chi connectivity index (χ1n) is 11.8. The van der Waals surface area contributed by atoms with Crippen LogP contribution in [-0.2, 0) is 6.54 Å². The van der Waals surface area contributed by atoms with Gasteiger partial charge in [0, 0.05) is 6.54 Å². The van der Waals surface area contributed by atoms with Crippen LogP contribution in [0.15, 0.2) is 66.7 Å². The molecular formula is C28H26N4O5. The van der Waals surface area contributed by atoms with Crippen molar-refractivity contribution in [1.29, 1.82) is 5.26 Å². The molecule has 0 spiro atoms. The van der Waals surface area contributed by atoms with E-state index in [0.717, 1.165) is 10.5 Å². The maximum atomic E-state index is 13.6. The molecule has 2 N–H and O–H groups in total.